The Morgan fingerprint density at radius 2 is 2.24 bits per heavy atom. The molecule has 2 unspecified atom stereocenters. The highest BCUT2D eigenvalue weighted by atomic mass is 16.5. The van der Waals surface area contributed by atoms with Crippen molar-refractivity contribution in [2.75, 3.05) is 6.54 Å². The third-order valence-corrected chi connectivity index (χ3v) is 4.20. The summed E-state index contributed by atoms with van der Waals surface area (Å²) in [6.07, 6.45) is 9.59. The van der Waals surface area contributed by atoms with Crippen LogP contribution in [0.25, 0.3) is 11.6 Å². The molecule has 2 heterocycles. The fraction of sp³-hybridized carbons (Fsp3) is 0.667. The zero-order valence-electron chi connectivity index (χ0n) is 12.7. The Balaban J connectivity index is 1.79. The van der Waals surface area contributed by atoms with Gasteiger partial charge < -0.3 is 14.4 Å². The van der Waals surface area contributed by atoms with Gasteiger partial charge >= 0.3 is 0 Å². The maximum Gasteiger partial charge on any atom is 0.238 e. The van der Waals surface area contributed by atoms with Crippen molar-refractivity contribution in [2.45, 2.75) is 51.0 Å². The van der Waals surface area contributed by atoms with Gasteiger partial charge in [-0.2, -0.15) is 4.98 Å². The van der Waals surface area contributed by atoms with Crippen LogP contribution in [0.3, 0.4) is 0 Å². The normalized spacial score (nSPS) is 22.6. The second-order valence-electron chi connectivity index (χ2n) is 5.77. The quantitative estimate of drug-likeness (QED) is 0.916. The van der Waals surface area contributed by atoms with Crippen molar-refractivity contribution in [1.82, 2.24) is 25.0 Å². The Hall–Kier alpha value is -1.69. The second-order valence-corrected chi connectivity index (χ2v) is 5.77. The third-order valence-electron chi connectivity index (χ3n) is 4.20. The van der Waals surface area contributed by atoms with Crippen molar-refractivity contribution in [2.24, 2.45) is 7.05 Å². The highest BCUT2D eigenvalue weighted by molar-refractivity contribution is 5.42. The SMILES string of the molecule is CCCNC1CCCCC1c1nc(-c2nccn2C)no1. The van der Waals surface area contributed by atoms with Crippen molar-refractivity contribution in [1.29, 1.82) is 0 Å². The van der Waals surface area contributed by atoms with E-state index in [9.17, 15) is 0 Å². The predicted molar refractivity (Wildman–Crippen MR) is 79.8 cm³/mol. The molecule has 1 saturated carbocycles. The highest BCUT2D eigenvalue weighted by Crippen LogP contribution is 2.33. The van der Waals surface area contributed by atoms with Crippen LogP contribution < -0.4 is 5.32 Å². The van der Waals surface area contributed by atoms with Crippen molar-refractivity contribution < 1.29 is 4.52 Å². The van der Waals surface area contributed by atoms with Crippen LogP contribution in [-0.4, -0.2) is 32.3 Å². The van der Waals surface area contributed by atoms with Crippen LogP contribution in [0.2, 0.25) is 0 Å². The average molecular weight is 289 g/mol. The first-order valence-corrected chi connectivity index (χ1v) is 7.84. The molecule has 0 bridgehead atoms. The molecule has 0 aliphatic heterocycles. The van der Waals surface area contributed by atoms with E-state index in [4.69, 9.17) is 4.52 Å². The van der Waals surface area contributed by atoms with Gasteiger partial charge in [0.1, 0.15) is 0 Å². The van der Waals surface area contributed by atoms with E-state index < -0.39 is 0 Å². The van der Waals surface area contributed by atoms with Gasteiger partial charge in [-0.1, -0.05) is 24.9 Å². The van der Waals surface area contributed by atoms with Gasteiger partial charge in [0.2, 0.25) is 11.7 Å². The first-order chi connectivity index (χ1) is 10.3. The Kier molecular flexibility index (Phi) is 4.34. The molecule has 1 fully saturated rings. The second kappa shape index (κ2) is 6.39. The number of rotatable bonds is 5. The Morgan fingerprint density at radius 1 is 1.38 bits per heavy atom. The minimum absolute atomic E-state index is 0.326. The van der Waals surface area contributed by atoms with Crippen molar-refractivity contribution in [3.8, 4) is 11.6 Å². The lowest BCUT2D eigenvalue weighted by Gasteiger charge is -2.29. The minimum atomic E-state index is 0.326. The van der Waals surface area contributed by atoms with E-state index in [-0.39, 0.29) is 0 Å². The molecule has 0 amide bonds. The van der Waals surface area contributed by atoms with E-state index in [0.29, 0.717) is 17.8 Å². The van der Waals surface area contributed by atoms with Gasteiger partial charge in [-0.05, 0) is 25.8 Å². The molecule has 3 rings (SSSR count). The van der Waals surface area contributed by atoms with Crippen LogP contribution in [0.15, 0.2) is 16.9 Å². The van der Waals surface area contributed by atoms with Crippen molar-refractivity contribution >= 4 is 0 Å². The zero-order chi connectivity index (χ0) is 14.7. The molecule has 114 valence electrons. The van der Waals surface area contributed by atoms with E-state index in [2.05, 4.69) is 27.4 Å². The van der Waals surface area contributed by atoms with Crippen LogP contribution in [0.4, 0.5) is 0 Å². The molecule has 0 aromatic carbocycles. The number of imidazole rings is 1. The molecule has 0 spiro atoms. The number of aromatic nitrogens is 4. The molecule has 1 aliphatic rings. The van der Waals surface area contributed by atoms with Crippen LogP contribution >= 0.6 is 0 Å². The maximum atomic E-state index is 5.54. The minimum Gasteiger partial charge on any atom is -0.338 e. The molecule has 6 heteroatoms. The molecule has 1 N–H and O–H groups in total. The van der Waals surface area contributed by atoms with Gasteiger partial charge in [0.05, 0.1) is 5.92 Å². The summed E-state index contributed by atoms with van der Waals surface area (Å²) in [5, 5.41) is 7.74. The van der Waals surface area contributed by atoms with E-state index in [1.165, 1.54) is 19.3 Å². The topological polar surface area (TPSA) is 68.8 Å². The molecule has 2 atom stereocenters. The molecule has 0 saturated heterocycles. The molecule has 2 aromatic heterocycles. The van der Waals surface area contributed by atoms with Crippen LogP contribution in [-0.2, 0) is 7.05 Å². The maximum absolute atomic E-state index is 5.54. The number of hydrogen-bond acceptors (Lipinski definition) is 5. The molecule has 6 nitrogen and oxygen atoms in total. The van der Waals surface area contributed by atoms with Crippen molar-refractivity contribution in [3.63, 3.8) is 0 Å². The standard InChI is InChI=1S/C15H23N5O/c1-3-8-16-12-7-5-4-6-11(12)15-18-13(19-21-15)14-17-9-10-20(14)2/h9-12,16H,3-8H2,1-2H3. The number of aryl methyl sites for hydroxylation is 1. The van der Waals surface area contributed by atoms with Gasteiger partial charge in [0.15, 0.2) is 5.82 Å². The third kappa shape index (κ3) is 3.00. The largest absolute Gasteiger partial charge is 0.338 e. The Labute approximate surface area is 125 Å². The first kappa shape index (κ1) is 14.3. The van der Waals surface area contributed by atoms with E-state index in [1.807, 2.05) is 17.8 Å². The summed E-state index contributed by atoms with van der Waals surface area (Å²) in [6, 6.07) is 0.452. The van der Waals surface area contributed by atoms with Gasteiger partial charge in [-0.15, -0.1) is 0 Å². The van der Waals surface area contributed by atoms with Crippen LogP contribution in [0, 0.1) is 0 Å². The highest BCUT2D eigenvalue weighted by Gasteiger charge is 2.30. The van der Waals surface area contributed by atoms with Crippen molar-refractivity contribution in [3.05, 3.63) is 18.3 Å². The summed E-state index contributed by atoms with van der Waals surface area (Å²) in [5.41, 5.74) is 0. The summed E-state index contributed by atoms with van der Waals surface area (Å²) in [6.45, 7) is 3.23. The number of nitrogens with one attached hydrogen (secondary N) is 1. The lowest BCUT2D eigenvalue weighted by atomic mass is 9.84. The monoisotopic (exact) mass is 289 g/mol. The molecule has 0 radical (unpaired) electrons. The lowest BCUT2D eigenvalue weighted by molar-refractivity contribution is 0.263. The van der Waals surface area contributed by atoms with Gasteiger partial charge in [0, 0.05) is 25.5 Å². The Bertz CT molecular complexity index is 576. The average Bonchev–Trinajstić information content (AvgIpc) is 3.14. The smallest absolute Gasteiger partial charge is 0.238 e. The first-order valence-electron chi connectivity index (χ1n) is 7.84. The number of nitrogens with zero attached hydrogens (tertiary/aromatic N) is 4. The number of hydrogen-bond donors (Lipinski definition) is 1. The molecule has 21 heavy (non-hydrogen) atoms. The predicted octanol–water partition coefficient (Wildman–Crippen LogP) is 2.50. The fourth-order valence-corrected chi connectivity index (χ4v) is 3.06. The summed E-state index contributed by atoms with van der Waals surface area (Å²) in [5.74, 6) is 2.41. The Morgan fingerprint density at radius 3 is 3.00 bits per heavy atom. The van der Waals surface area contributed by atoms with E-state index >= 15 is 0 Å². The summed E-state index contributed by atoms with van der Waals surface area (Å²) >= 11 is 0. The van der Waals surface area contributed by atoms with Gasteiger partial charge in [0.25, 0.3) is 0 Å². The summed E-state index contributed by atoms with van der Waals surface area (Å²) in [4.78, 5) is 8.87. The molecule has 2 aromatic rings. The lowest BCUT2D eigenvalue weighted by Crippen LogP contribution is -2.37. The summed E-state index contributed by atoms with van der Waals surface area (Å²) < 4.78 is 7.44. The molecular formula is C15H23N5O. The fourth-order valence-electron chi connectivity index (χ4n) is 3.06. The molecular weight excluding hydrogens is 266 g/mol. The zero-order valence-corrected chi connectivity index (χ0v) is 12.7. The van der Waals surface area contributed by atoms with Gasteiger partial charge in [-0.3, -0.25) is 0 Å². The summed E-state index contributed by atoms with van der Waals surface area (Å²) in [7, 11) is 1.94. The van der Waals surface area contributed by atoms with Gasteiger partial charge in [-0.25, -0.2) is 4.98 Å². The van der Waals surface area contributed by atoms with Crippen LogP contribution in [0.5, 0.6) is 0 Å². The molecule has 1 aliphatic carbocycles. The van der Waals surface area contributed by atoms with Crippen LogP contribution in [0.1, 0.15) is 50.8 Å². The van der Waals surface area contributed by atoms with E-state index in [1.54, 1.807) is 6.20 Å². The van der Waals surface area contributed by atoms with E-state index in [0.717, 1.165) is 31.1 Å².